The van der Waals surface area contributed by atoms with Crippen molar-refractivity contribution in [1.29, 1.82) is 0 Å². The second-order valence-corrected chi connectivity index (χ2v) is 5.89. The van der Waals surface area contributed by atoms with Gasteiger partial charge in [0.2, 0.25) is 0 Å². The number of benzene rings is 1. The van der Waals surface area contributed by atoms with Gasteiger partial charge in [0.05, 0.1) is 5.56 Å². The molecule has 4 N–H and O–H groups in total. The molecular formula is C16H22N4O. The number of amides is 1. The molecule has 0 spiro atoms. The van der Waals surface area contributed by atoms with Gasteiger partial charge in [-0.15, -0.1) is 0 Å². The number of carbonyl (C=O) groups is 1. The van der Waals surface area contributed by atoms with Crippen molar-refractivity contribution in [3.8, 4) is 0 Å². The molecule has 1 aromatic carbocycles. The molecule has 3 rings (SSSR count). The summed E-state index contributed by atoms with van der Waals surface area (Å²) >= 11 is 0. The van der Waals surface area contributed by atoms with Gasteiger partial charge in [-0.3, -0.25) is 4.79 Å². The molecule has 0 bridgehead atoms. The average Bonchev–Trinajstić information content (AvgIpc) is 3.07. The predicted octanol–water partition coefficient (Wildman–Crippen LogP) is 1.96. The lowest BCUT2D eigenvalue weighted by molar-refractivity contribution is 0.0933. The molecule has 1 atom stereocenters. The van der Waals surface area contributed by atoms with Crippen LogP contribution in [0.1, 0.15) is 30.1 Å². The van der Waals surface area contributed by atoms with Crippen molar-refractivity contribution in [3.05, 3.63) is 30.0 Å². The van der Waals surface area contributed by atoms with Crippen molar-refractivity contribution in [2.75, 3.05) is 25.4 Å². The van der Waals surface area contributed by atoms with Crippen molar-refractivity contribution in [2.45, 2.75) is 25.8 Å². The first-order valence-corrected chi connectivity index (χ1v) is 7.53. The molecule has 5 nitrogen and oxygen atoms in total. The number of aromatic nitrogens is 1. The average molecular weight is 286 g/mol. The van der Waals surface area contributed by atoms with Crippen LogP contribution in [0.5, 0.6) is 0 Å². The van der Waals surface area contributed by atoms with E-state index in [1.54, 1.807) is 6.20 Å². The Bertz CT molecular complexity index is 643. The van der Waals surface area contributed by atoms with Crippen molar-refractivity contribution in [2.24, 2.45) is 0 Å². The summed E-state index contributed by atoms with van der Waals surface area (Å²) in [5.41, 5.74) is 8.07. The lowest BCUT2D eigenvalue weighted by Gasteiger charge is -2.21. The minimum atomic E-state index is -0.0430. The maximum Gasteiger partial charge on any atom is 0.253 e. The Hall–Kier alpha value is -2.01. The first-order valence-electron chi connectivity index (χ1n) is 7.53. The van der Waals surface area contributed by atoms with Crippen LogP contribution in [0.4, 0.5) is 5.69 Å². The molecular weight excluding hydrogens is 264 g/mol. The number of nitrogens with one attached hydrogen (secondary N) is 2. The van der Waals surface area contributed by atoms with Gasteiger partial charge in [0.15, 0.2) is 0 Å². The molecule has 21 heavy (non-hydrogen) atoms. The highest BCUT2D eigenvalue weighted by Gasteiger charge is 2.18. The number of nitrogen functional groups attached to an aromatic ring is 1. The van der Waals surface area contributed by atoms with Crippen LogP contribution < -0.4 is 11.1 Å². The van der Waals surface area contributed by atoms with Gasteiger partial charge in [0.25, 0.3) is 5.91 Å². The maximum atomic E-state index is 12.4. The molecule has 112 valence electrons. The number of likely N-dealkylation sites (tertiary alicyclic amines) is 1. The second-order valence-electron chi connectivity index (χ2n) is 5.89. The molecule has 5 heteroatoms. The zero-order valence-electron chi connectivity index (χ0n) is 12.4. The highest BCUT2D eigenvalue weighted by molar-refractivity contribution is 6.07. The lowest BCUT2D eigenvalue weighted by atomic mass is 10.1. The second kappa shape index (κ2) is 5.77. The van der Waals surface area contributed by atoms with Crippen molar-refractivity contribution < 1.29 is 4.79 Å². The largest absolute Gasteiger partial charge is 0.399 e. The Balaban J connectivity index is 1.70. The zero-order chi connectivity index (χ0) is 14.8. The highest BCUT2D eigenvalue weighted by Crippen LogP contribution is 2.21. The molecule has 1 aromatic heterocycles. The third-order valence-corrected chi connectivity index (χ3v) is 4.06. The number of anilines is 1. The quantitative estimate of drug-likeness (QED) is 0.752. The van der Waals surface area contributed by atoms with Crippen molar-refractivity contribution >= 4 is 22.5 Å². The summed E-state index contributed by atoms with van der Waals surface area (Å²) in [5, 5.41) is 3.96. The molecule has 1 aliphatic rings. The number of H-pyrrole nitrogens is 1. The van der Waals surface area contributed by atoms with Gasteiger partial charge in [-0.1, -0.05) is 0 Å². The zero-order valence-corrected chi connectivity index (χ0v) is 12.4. The summed E-state index contributed by atoms with van der Waals surface area (Å²) in [4.78, 5) is 17.9. The minimum absolute atomic E-state index is 0.0430. The van der Waals surface area contributed by atoms with Gasteiger partial charge in [-0.25, -0.2) is 0 Å². The molecule has 2 heterocycles. The number of carbonyl (C=O) groups excluding carboxylic acids is 1. The summed E-state index contributed by atoms with van der Waals surface area (Å²) in [7, 11) is 0. The van der Waals surface area contributed by atoms with Gasteiger partial charge in [0, 0.05) is 35.4 Å². The summed E-state index contributed by atoms with van der Waals surface area (Å²) in [6, 6.07) is 5.71. The van der Waals surface area contributed by atoms with Gasteiger partial charge < -0.3 is 20.9 Å². The summed E-state index contributed by atoms with van der Waals surface area (Å²) in [6.07, 6.45) is 4.28. The predicted molar refractivity (Wildman–Crippen MR) is 85.3 cm³/mol. The van der Waals surface area contributed by atoms with Crippen LogP contribution >= 0.6 is 0 Å². The number of aromatic amines is 1. The van der Waals surface area contributed by atoms with E-state index in [2.05, 4.69) is 22.1 Å². The fourth-order valence-electron chi connectivity index (χ4n) is 3.03. The number of nitrogens with two attached hydrogens (primary N) is 1. The van der Waals surface area contributed by atoms with Crippen LogP contribution in [0.25, 0.3) is 10.9 Å². The highest BCUT2D eigenvalue weighted by atomic mass is 16.1. The van der Waals surface area contributed by atoms with Crippen LogP contribution in [-0.4, -0.2) is 41.5 Å². The molecule has 1 saturated heterocycles. The van der Waals surface area contributed by atoms with Crippen molar-refractivity contribution in [1.82, 2.24) is 15.2 Å². The smallest absolute Gasteiger partial charge is 0.253 e. The maximum absolute atomic E-state index is 12.4. The van der Waals surface area contributed by atoms with Crippen LogP contribution in [0.3, 0.4) is 0 Å². The molecule has 0 saturated carbocycles. The van der Waals surface area contributed by atoms with E-state index in [-0.39, 0.29) is 11.9 Å². The van der Waals surface area contributed by atoms with E-state index in [9.17, 15) is 4.79 Å². The number of rotatable bonds is 4. The number of nitrogens with zero attached hydrogens (tertiary/aromatic N) is 1. The van der Waals surface area contributed by atoms with Gasteiger partial charge in [-0.2, -0.15) is 0 Å². The molecule has 0 radical (unpaired) electrons. The summed E-state index contributed by atoms with van der Waals surface area (Å²) in [6.45, 7) is 5.25. The molecule has 0 aliphatic carbocycles. The first kappa shape index (κ1) is 13.9. The third-order valence-electron chi connectivity index (χ3n) is 4.06. The Morgan fingerprint density at radius 2 is 2.19 bits per heavy atom. The fraction of sp³-hybridized carbons (Fsp3) is 0.438. The van der Waals surface area contributed by atoms with Gasteiger partial charge in [-0.05, 0) is 51.1 Å². The van der Waals surface area contributed by atoms with E-state index in [1.165, 1.54) is 12.8 Å². The molecule has 1 aliphatic heterocycles. The van der Waals surface area contributed by atoms with E-state index < -0.39 is 0 Å². The molecule has 2 aromatic rings. The van der Waals surface area contributed by atoms with E-state index in [0.29, 0.717) is 11.3 Å². The van der Waals surface area contributed by atoms with Crippen LogP contribution in [-0.2, 0) is 0 Å². The molecule has 1 fully saturated rings. The number of fused-ring (bicyclic) bond motifs is 1. The molecule has 1 amide bonds. The Morgan fingerprint density at radius 1 is 1.43 bits per heavy atom. The third kappa shape index (κ3) is 3.03. The van der Waals surface area contributed by atoms with E-state index in [1.807, 2.05) is 18.2 Å². The lowest BCUT2D eigenvalue weighted by Crippen LogP contribution is -2.41. The first-order chi connectivity index (χ1) is 10.1. The Morgan fingerprint density at radius 3 is 2.95 bits per heavy atom. The summed E-state index contributed by atoms with van der Waals surface area (Å²) in [5.74, 6) is -0.0430. The van der Waals surface area contributed by atoms with Crippen molar-refractivity contribution in [3.63, 3.8) is 0 Å². The summed E-state index contributed by atoms with van der Waals surface area (Å²) < 4.78 is 0. The van der Waals surface area contributed by atoms with Crippen LogP contribution in [0, 0.1) is 0 Å². The SMILES string of the molecule is CC(CN1CCCC1)NC(=O)c1c[nH]c2ccc(N)cc12. The van der Waals surface area contributed by atoms with Crippen LogP contribution in [0.2, 0.25) is 0 Å². The van der Waals surface area contributed by atoms with Gasteiger partial charge in [0.1, 0.15) is 0 Å². The standard InChI is InChI=1S/C16H22N4O/c1-11(10-20-6-2-3-7-20)19-16(21)14-9-18-15-5-4-12(17)8-13(14)15/h4-5,8-9,11,18H,2-3,6-7,10,17H2,1H3,(H,19,21). The Labute approximate surface area is 124 Å². The fourth-order valence-corrected chi connectivity index (χ4v) is 3.03. The van der Waals surface area contributed by atoms with E-state index in [4.69, 9.17) is 5.73 Å². The van der Waals surface area contributed by atoms with E-state index >= 15 is 0 Å². The Kier molecular flexibility index (Phi) is 3.84. The normalized spacial score (nSPS) is 17.2. The monoisotopic (exact) mass is 286 g/mol. The molecule has 1 unspecified atom stereocenters. The topological polar surface area (TPSA) is 74.2 Å². The minimum Gasteiger partial charge on any atom is -0.399 e. The number of hydrogen-bond donors (Lipinski definition) is 3. The van der Waals surface area contributed by atoms with Crippen LogP contribution in [0.15, 0.2) is 24.4 Å². The van der Waals surface area contributed by atoms with Gasteiger partial charge >= 0.3 is 0 Å². The van der Waals surface area contributed by atoms with E-state index in [0.717, 1.165) is 30.5 Å². The number of hydrogen-bond acceptors (Lipinski definition) is 3.